The van der Waals surface area contributed by atoms with Crippen LogP contribution >= 0.6 is 0 Å². The molecule has 2 aliphatic heterocycles. The Morgan fingerprint density at radius 1 is 1.39 bits per heavy atom. The molecule has 5 nitrogen and oxygen atoms in total. The first-order valence-electron chi connectivity index (χ1n) is 8.00. The number of likely N-dealkylation sites (tertiary alicyclic amines) is 2. The van der Waals surface area contributed by atoms with Crippen LogP contribution in [-0.4, -0.2) is 53.1 Å². The second kappa shape index (κ2) is 6.98. The van der Waals surface area contributed by atoms with Gasteiger partial charge in [-0.15, -0.1) is 0 Å². The maximum atomic E-state index is 12.4. The number of nitrogens with one attached hydrogen (secondary N) is 1. The molecule has 1 amide bonds. The maximum absolute atomic E-state index is 12.4. The van der Waals surface area contributed by atoms with Gasteiger partial charge in [-0.3, -0.25) is 20.4 Å². The van der Waals surface area contributed by atoms with Crippen LogP contribution in [0.1, 0.15) is 17.5 Å². The predicted molar refractivity (Wildman–Crippen MR) is 89.8 cm³/mol. The minimum absolute atomic E-state index is 0.111. The average molecular weight is 313 g/mol. The zero-order chi connectivity index (χ0) is 16.2. The number of rotatable bonds is 5. The number of amides is 1. The monoisotopic (exact) mass is 313 g/mol. The number of hydrogen-bond donors (Lipinski definition) is 2. The van der Waals surface area contributed by atoms with E-state index < -0.39 is 0 Å². The molecule has 0 aromatic heterocycles. The Bertz CT molecular complexity index is 624. The van der Waals surface area contributed by atoms with Gasteiger partial charge in [0.05, 0.1) is 0 Å². The van der Waals surface area contributed by atoms with Gasteiger partial charge < -0.3 is 4.90 Å². The van der Waals surface area contributed by atoms with Crippen molar-refractivity contribution in [2.45, 2.75) is 24.9 Å². The minimum atomic E-state index is 0.111. The predicted octanol–water partition coefficient (Wildman–Crippen LogP) is 1.65. The van der Waals surface area contributed by atoms with Crippen molar-refractivity contribution in [3.8, 4) is 0 Å². The van der Waals surface area contributed by atoms with Crippen LogP contribution in [0.2, 0.25) is 0 Å². The summed E-state index contributed by atoms with van der Waals surface area (Å²) < 4.78 is 0. The summed E-state index contributed by atoms with van der Waals surface area (Å²) in [6.07, 6.45) is 8.74. The number of carbonyl (C=O) groups excluding carboxylic acids is 1. The largest absolute Gasteiger partial charge is 0.333 e. The van der Waals surface area contributed by atoms with Gasteiger partial charge in [-0.25, -0.2) is 0 Å². The lowest BCUT2D eigenvalue weighted by molar-refractivity contribution is -0.128. The van der Waals surface area contributed by atoms with Crippen LogP contribution in [-0.2, 0) is 11.2 Å². The molecule has 2 saturated heterocycles. The third-order valence-corrected chi connectivity index (χ3v) is 4.71. The van der Waals surface area contributed by atoms with E-state index in [1.54, 1.807) is 6.08 Å². The molecule has 0 spiro atoms. The number of carbonyl (C=O) groups is 1. The molecular weight excluding hydrogens is 290 g/mol. The lowest BCUT2D eigenvalue weighted by atomic mass is 10.1. The van der Waals surface area contributed by atoms with Gasteiger partial charge in [-0.05, 0) is 37.1 Å². The topological polar surface area (TPSA) is 55.8 Å². The van der Waals surface area contributed by atoms with E-state index in [0.717, 1.165) is 37.1 Å². The molecule has 23 heavy (non-hydrogen) atoms. The summed E-state index contributed by atoms with van der Waals surface area (Å²) >= 11 is 0. The fraction of sp³-hybridized carbons (Fsp3) is 0.389. The Balaban J connectivity index is 1.60. The standard InChI is InChI=1S/C18H23N3O2/c1-20-12-17-11-16(20)13-21(17)18(22)8-7-15-5-2-4-14(10-15)6-3-9-19-23/h2-5,7-10,16-17,19,23H,6,11-13H2,1H3/b8-7+,9-3+/t16-,17-/m0/s1. The van der Waals surface area contributed by atoms with Crippen molar-refractivity contribution in [3.05, 3.63) is 53.7 Å². The van der Waals surface area contributed by atoms with E-state index in [1.807, 2.05) is 40.7 Å². The van der Waals surface area contributed by atoms with E-state index in [4.69, 9.17) is 5.21 Å². The molecular formula is C18H23N3O2. The highest BCUT2D eigenvalue weighted by Gasteiger charge is 2.42. The number of fused-ring (bicyclic) bond motifs is 2. The van der Waals surface area contributed by atoms with E-state index in [2.05, 4.69) is 18.0 Å². The van der Waals surface area contributed by atoms with E-state index in [1.165, 1.54) is 6.20 Å². The highest BCUT2D eigenvalue weighted by Crippen LogP contribution is 2.29. The van der Waals surface area contributed by atoms with Crippen LogP contribution in [0, 0.1) is 0 Å². The van der Waals surface area contributed by atoms with Crippen molar-refractivity contribution in [1.29, 1.82) is 0 Å². The van der Waals surface area contributed by atoms with Crippen LogP contribution in [0.5, 0.6) is 0 Å². The molecule has 122 valence electrons. The fourth-order valence-corrected chi connectivity index (χ4v) is 3.47. The number of allylic oxidation sites excluding steroid dienone is 1. The molecule has 2 aliphatic rings. The molecule has 0 radical (unpaired) electrons. The Kier molecular flexibility index (Phi) is 4.79. The first-order valence-corrected chi connectivity index (χ1v) is 8.00. The molecule has 3 rings (SSSR count). The van der Waals surface area contributed by atoms with Gasteiger partial charge in [0, 0.05) is 37.4 Å². The Morgan fingerprint density at radius 2 is 2.26 bits per heavy atom. The molecule has 0 aliphatic carbocycles. The average Bonchev–Trinajstić information content (AvgIpc) is 3.12. The van der Waals surface area contributed by atoms with Gasteiger partial charge in [0.2, 0.25) is 5.91 Å². The number of piperazine rings is 1. The zero-order valence-corrected chi connectivity index (χ0v) is 13.4. The number of nitrogens with zero attached hydrogens (tertiary/aromatic N) is 2. The van der Waals surface area contributed by atoms with Gasteiger partial charge in [-0.1, -0.05) is 30.3 Å². The van der Waals surface area contributed by atoms with Crippen molar-refractivity contribution in [2.75, 3.05) is 20.1 Å². The van der Waals surface area contributed by atoms with E-state index in [9.17, 15) is 4.79 Å². The van der Waals surface area contributed by atoms with E-state index >= 15 is 0 Å². The van der Waals surface area contributed by atoms with Gasteiger partial charge in [-0.2, -0.15) is 0 Å². The van der Waals surface area contributed by atoms with Crippen molar-refractivity contribution >= 4 is 12.0 Å². The number of hydroxylamine groups is 1. The second-order valence-corrected chi connectivity index (χ2v) is 6.29. The fourth-order valence-electron chi connectivity index (χ4n) is 3.47. The second-order valence-electron chi connectivity index (χ2n) is 6.29. The van der Waals surface area contributed by atoms with Crippen molar-refractivity contribution in [1.82, 2.24) is 15.3 Å². The molecule has 0 unspecified atom stereocenters. The molecule has 1 aromatic carbocycles. The molecule has 2 heterocycles. The van der Waals surface area contributed by atoms with Crippen LogP contribution in [0.3, 0.4) is 0 Å². The summed E-state index contributed by atoms with van der Waals surface area (Å²) in [7, 11) is 2.13. The molecule has 1 aromatic rings. The maximum Gasteiger partial charge on any atom is 0.246 e. The third-order valence-electron chi connectivity index (χ3n) is 4.71. The summed E-state index contributed by atoms with van der Waals surface area (Å²) in [5.74, 6) is 0.111. The summed E-state index contributed by atoms with van der Waals surface area (Å²) in [5, 5.41) is 8.52. The number of likely N-dealkylation sites (N-methyl/N-ethyl adjacent to an activating group) is 1. The lowest BCUT2D eigenvalue weighted by Crippen LogP contribution is -2.46. The van der Waals surface area contributed by atoms with Crippen LogP contribution in [0.15, 0.2) is 42.6 Å². The highest BCUT2D eigenvalue weighted by molar-refractivity contribution is 5.92. The quantitative estimate of drug-likeness (QED) is 0.641. The highest BCUT2D eigenvalue weighted by atomic mass is 16.5. The van der Waals surface area contributed by atoms with E-state index in [0.29, 0.717) is 12.1 Å². The van der Waals surface area contributed by atoms with Crippen molar-refractivity contribution < 1.29 is 10.0 Å². The SMILES string of the molecule is CN1C[C@@H]2C[C@H]1CN2C(=O)/C=C/c1cccc(C/C=C/NO)c1. The number of hydrogen-bond acceptors (Lipinski definition) is 4. The van der Waals surface area contributed by atoms with Gasteiger partial charge >= 0.3 is 0 Å². The molecule has 2 bridgehead atoms. The Morgan fingerprint density at radius 3 is 2.96 bits per heavy atom. The van der Waals surface area contributed by atoms with E-state index in [-0.39, 0.29) is 5.91 Å². The van der Waals surface area contributed by atoms with Crippen LogP contribution < -0.4 is 5.48 Å². The molecule has 0 saturated carbocycles. The summed E-state index contributed by atoms with van der Waals surface area (Å²) in [6.45, 7) is 1.84. The molecule has 2 fully saturated rings. The lowest BCUT2D eigenvalue weighted by Gasteiger charge is -2.31. The van der Waals surface area contributed by atoms with Gasteiger partial charge in [0.15, 0.2) is 0 Å². The zero-order valence-electron chi connectivity index (χ0n) is 13.4. The van der Waals surface area contributed by atoms with Gasteiger partial charge in [0.25, 0.3) is 0 Å². The minimum Gasteiger partial charge on any atom is -0.333 e. The van der Waals surface area contributed by atoms with Crippen LogP contribution in [0.4, 0.5) is 0 Å². The first kappa shape index (κ1) is 15.8. The summed E-state index contributed by atoms with van der Waals surface area (Å²) in [4.78, 5) is 16.7. The van der Waals surface area contributed by atoms with Crippen LogP contribution in [0.25, 0.3) is 6.08 Å². The molecule has 5 heteroatoms. The van der Waals surface area contributed by atoms with Gasteiger partial charge in [0.1, 0.15) is 0 Å². The third kappa shape index (κ3) is 3.63. The summed E-state index contributed by atoms with van der Waals surface area (Å²) in [5.41, 5.74) is 4.14. The van der Waals surface area contributed by atoms with Crippen molar-refractivity contribution in [2.24, 2.45) is 0 Å². The Labute approximate surface area is 136 Å². The normalized spacial score (nSPS) is 24.2. The first-order chi connectivity index (χ1) is 11.2. The number of benzene rings is 1. The molecule has 2 atom stereocenters. The summed E-state index contributed by atoms with van der Waals surface area (Å²) in [6, 6.07) is 8.96. The molecule has 2 N–H and O–H groups in total. The smallest absolute Gasteiger partial charge is 0.246 e. The Hall–Kier alpha value is -2.11. The van der Waals surface area contributed by atoms with Crippen molar-refractivity contribution in [3.63, 3.8) is 0 Å².